The van der Waals surface area contributed by atoms with E-state index >= 15 is 0 Å². The Balaban J connectivity index is 1.41. The van der Waals surface area contributed by atoms with Gasteiger partial charge in [0, 0.05) is 17.2 Å². The van der Waals surface area contributed by atoms with E-state index in [-0.39, 0.29) is 51.8 Å². The number of phenols is 1. The maximum Gasteiger partial charge on any atom is 0.267 e. The number of anilines is 1. The Bertz CT molecular complexity index is 2040. The molecule has 1 amide bonds. The van der Waals surface area contributed by atoms with Crippen molar-refractivity contribution in [3.05, 3.63) is 81.6 Å². The molecule has 3 aromatic rings. The fourth-order valence-corrected chi connectivity index (χ4v) is 8.69. The molecule has 1 aromatic heterocycles. The second-order valence-corrected chi connectivity index (χ2v) is 13.9. The van der Waals surface area contributed by atoms with Gasteiger partial charge in [0.2, 0.25) is 5.78 Å². The molecule has 0 saturated carbocycles. The number of hydrogen-bond acceptors (Lipinski definition) is 12. The van der Waals surface area contributed by atoms with Crippen molar-refractivity contribution in [2.24, 2.45) is 17.6 Å². The minimum atomic E-state index is -4.00. The Hall–Kier alpha value is -4.99. The number of aromatic hydroxyl groups is 1. The van der Waals surface area contributed by atoms with Crippen LogP contribution >= 0.6 is 0 Å². The maximum absolute atomic E-state index is 14.0. The SMILES string of the molecule is Cc1noc(C)c1S(=O)(=O)Nc1ccc(-c2ccc(O)c3c2C[C@H]2C[C@H]4C(N(C)C)C(O)=C(C(N)=O)C(=O)[C@@]4(O)C(O)=C2C3=O)cc1. The number of nitrogens with one attached hydrogen (secondary N) is 1. The van der Waals surface area contributed by atoms with Crippen LogP contribution in [0.5, 0.6) is 5.75 Å². The number of Topliss-reactive ketones (excluding diaryl/α,β-unsaturated/α-hetero) is 2. The monoisotopic (exact) mass is 664 g/mol. The van der Waals surface area contributed by atoms with Crippen molar-refractivity contribution in [3.8, 4) is 16.9 Å². The Morgan fingerprint density at radius 1 is 1.09 bits per heavy atom. The van der Waals surface area contributed by atoms with Gasteiger partial charge in [-0.2, -0.15) is 0 Å². The molecule has 0 radical (unpaired) electrons. The number of nitrogens with zero attached hydrogens (tertiary/aromatic N) is 2. The third-order valence-electron chi connectivity index (χ3n) is 9.29. The van der Waals surface area contributed by atoms with Crippen molar-refractivity contribution in [1.29, 1.82) is 0 Å². The van der Waals surface area contributed by atoms with E-state index < -0.39 is 68.1 Å². The maximum atomic E-state index is 14.0. The predicted molar refractivity (Wildman–Crippen MR) is 166 cm³/mol. The molecule has 4 atom stereocenters. The van der Waals surface area contributed by atoms with Crippen LogP contribution in [0.4, 0.5) is 5.69 Å². The number of ketones is 2. The molecule has 0 aliphatic heterocycles. The molecule has 15 heteroatoms. The number of allylic oxidation sites excluding steroid dienone is 1. The molecule has 2 aromatic carbocycles. The quantitative estimate of drug-likeness (QED) is 0.208. The van der Waals surface area contributed by atoms with E-state index in [0.29, 0.717) is 16.7 Å². The van der Waals surface area contributed by atoms with E-state index in [1.54, 1.807) is 32.3 Å². The smallest absolute Gasteiger partial charge is 0.267 e. The van der Waals surface area contributed by atoms with E-state index in [0.717, 1.165) is 0 Å². The number of likely N-dealkylation sites (N-methyl/N-ethyl adjacent to an activating group) is 1. The number of aryl methyl sites for hydroxylation is 2. The first-order valence-corrected chi connectivity index (χ1v) is 16.0. The number of rotatable bonds is 6. The number of nitrogens with two attached hydrogens (primary N) is 1. The van der Waals surface area contributed by atoms with Crippen molar-refractivity contribution in [3.63, 3.8) is 0 Å². The minimum absolute atomic E-state index is 0.0523. The third kappa shape index (κ3) is 4.64. The van der Waals surface area contributed by atoms with Crippen molar-refractivity contribution < 1.29 is 47.8 Å². The standard InChI is InChI=1S/C32H32N4O10S/c1-13-28(14(2)46-34-13)47(44,45)35-17-7-5-15(6-8-17)18-9-10-21(37)23-19(18)11-16-12-20-25(36(3)4)27(39)24(31(33)42)30(41)32(20,43)29(40)22(16)26(23)38/h5-10,16,20,25,35,37,39-40,43H,11-12H2,1-4H3,(H2,33,42)/t16-,20-,25?,32-/m0/s1. The molecule has 6 rings (SSSR count). The zero-order valence-corrected chi connectivity index (χ0v) is 26.5. The summed E-state index contributed by atoms with van der Waals surface area (Å²) in [6.45, 7) is 3.01. The number of fused-ring (bicyclic) bond motifs is 3. The lowest BCUT2D eigenvalue weighted by Crippen LogP contribution is -2.63. The number of sulfonamides is 1. The van der Waals surface area contributed by atoms with Crippen LogP contribution in [0.1, 0.15) is 33.8 Å². The highest BCUT2D eigenvalue weighted by atomic mass is 32.2. The van der Waals surface area contributed by atoms with E-state index in [4.69, 9.17) is 10.3 Å². The molecular weight excluding hydrogens is 632 g/mol. The average molecular weight is 665 g/mol. The van der Waals surface area contributed by atoms with Crippen molar-refractivity contribution >= 4 is 33.2 Å². The van der Waals surface area contributed by atoms with E-state index in [2.05, 4.69) is 9.88 Å². The van der Waals surface area contributed by atoms with Crippen LogP contribution in [-0.4, -0.2) is 82.1 Å². The third-order valence-corrected chi connectivity index (χ3v) is 10.9. The van der Waals surface area contributed by atoms with Gasteiger partial charge in [-0.05, 0) is 81.6 Å². The van der Waals surface area contributed by atoms with E-state index in [1.165, 1.54) is 36.9 Å². The first-order valence-electron chi connectivity index (χ1n) is 14.6. The average Bonchev–Trinajstić information content (AvgIpc) is 3.33. The number of phenolic OH excluding ortho intramolecular Hbond substituents is 1. The zero-order valence-electron chi connectivity index (χ0n) is 25.7. The highest BCUT2D eigenvalue weighted by Crippen LogP contribution is 2.53. The summed E-state index contributed by atoms with van der Waals surface area (Å²) in [5.74, 6) is -7.16. The zero-order chi connectivity index (χ0) is 34.3. The van der Waals surface area contributed by atoms with Crippen LogP contribution < -0.4 is 10.5 Å². The van der Waals surface area contributed by atoms with Crippen LogP contribution in [0.3, 0.4) is 0 Å². The summed E-state index contributed by atoms with van der Waals surface area (Å²) in [6.07, 6.45) is 0.0436. The normalized spacial score (nSPS) is 24.3. The number of amides is 1. The molecule has 0 fully saturated rings. The summed E-state index contributed by atoms with van der Waals surface area (Å²) in [5.41, 5.74) is 3.41. The van der Waals surface area contributed by atoms with Gasteiger partial charge >= 0.3 is 0 Å². The summed E-state index contributed by atoms with van der Waals surface area (Å²) in [6, 6.07) is 8.16. The number of aliphatic hydroxyl groups is 3. The van der Waals surface area contributed by atoms with Gasteiger partial charge in [0.25, 0.3) is 15.9 Å². The summed E-state index contributed by atoms with van der Waals surface area (Å²) in [7, 11) is -0.889. The minimum Gasteiger partial charge on any atom is -0.510 e. The molecule has 0 bridgehead atoms. The predicted octanol–water partition coefficient (Wildman–Crippen LogP) is 2.19. The molecule has 1 heterocycles. The molecule has 0 saturated heterocycles. The first-order chi connectivity index (χ1) is 22.0. The molecule has 246 valence electrons. The number of aliphatic hydroxyl groups excluding tert-OH is 2. The summed E-state index contributed by atoms with van der Waals surface area (Å²) < 4.78 is 33.4. The van der Waals surface area contributed by atoms with Gasteiger partial charge in [-0.3, -0.25) is 24.0 Å². The topological polar surface area (TPSA) is 234 Å². The first kappa shape index (κ1) is 32.0. The van der Waals surface area contributed by atoms with Gasteiger partial charge in [-0.1, -0.05) is 23.4 Å². The Kier molecular flexibility index (Phi) is 7.34. The molecule has 0 spiro atoms. The summed E-state index contributed by atoms with van der Waals surface area (Å²) in [5, 5.41) is 48.7. The number of benzene rings is 2. The number of aromatic nitrogens is 1. The van der Waals surface area contributed by atoms with E-state index in [9.17, 15) is 43.2 Å². The summed E-state index contributed by atoms with van der Waals surface area (Å²) >= 11 is 0. The van der Waals surface area contributed by atoms with E-state index in [1.807, 2.05) is 0 Å². The van der Waals surface area contributed by atoms with Gasteiger partial charge in [0.1, 0.15) is 28.5 Å². The number of primary amides is 1. The summed E-state index contributed by atoms with van der Waals surface area (Å²) in [4.78, 5) is 41.1. The van der Waals surface area contributed by atoms with Gasteiger partial charge in [-0.15, -0.1) is 0 Å². The number of hydrogen-bond donors (Lipinski definition) is 6. The number of carbonyl (C=O) groups is 3. The molecule has 3 aliphatic carbocycles. The van der Waals surface area contributed by atoms with Crippen LogP contribution in [0, 0.1) is 25.7 Å². The molecule has 3 aliphatic rings. The Morgan fingerprint density at radius 2 is 1.74 bits per heavy atom. The number of carbonyl (C=O) groups excluding carboxylic acids is 3. The van der Waals surface area contributed by atoms with Crippen molar-refractivity contribution in [2.45, 2.75) is 43.2 Å². The highest BCUT2D eigenvalue weighted by molar-refractivity contribution is 7.92. The second kappa shape index (κ2) is 10.8. The molecule has 1 unspecified atom stereocenters. The highest BCUT2D eigenvalue weighted by Gasteiger charge is 2.63. The van der Waals surface area contributed by atoms with Gasteiger partial charge in [0.15, 0.2) is 22.0 Å². The van der Waals surface area contributed by atoms with Gasteiger partial charge < -0.3 is 30.7 Å². The lowest BCUT2D eigenvalue weighted by atomic mass is 9.58. The largest absolute Gasteiger partial charge is 0.510 e. The van der Waals surface area contributed by atoms with Gasteiger partial charge in [-0.25, -0.2) is 8.42 Å². The molecule has 7 N–H and O–H groups in total. The molecule has 47 heavy (non-hydrogen) atoms. The van der Waals surface area contributed by atoms with Gasteiger partial charge in [0.05, 0.1) is 11.6 Å². The van der Waals surface area contributed by atoms with Crippen LogP contribution in [0.15, 0.2) is 68.5 Å². The van der Waals surface area contributed by atoms with Crippen molar-refractivity contribution in [2.75, 3.05) is 18.8 Å². The Morgan fingerprint density at radius 3 is 2.32 bits per heavy atom. The lowest BCUT2D eigenvalue weighted by molar-refractivity contribution is -0.148. The van der Waals surface area contributed by atoms with Crippen LogP contribution in [0.2, 0.25) is 0 Å². The fraction of sp³-hybridized carbons (Fsp3) is 0.312. The fourth-order valence-electron chi connectivity index (χ4n) is 7.30. The second-order valence-electron chi connectivity index (χ2n) is 12.3. The van der Waals surface area contributed by atoms with Crippen LogP contribution in [0.25, 0.3) is 11.1 Å². The molecule has 14 nitrogen and oxygen atoms in total. The van der Waals surface area contributed by atoms with Crippen molar-refractivity contribution in [1.82, 2.24) is 10.1 Å². The Labute approximate surface area is 268 Å². The molecular formula is C32H32N4O10S. The van der Waals surface area contributed by atoms with Crippen LogP contribution in [-0.2, 0) is 26.0 Å². The lowest BCUT2D eigenvalue weighted by Gasteiger charge is -2.50.